The Balaban J connectivity index is 2.49. The summed E-state index contributed by atoms with van der Waals surface area (Å²) in [6, 6.07) is 0. The van der Waals surface area contributed by atoms with Crippen LogP contribution in [-0.2, 0) is 11.3 Å². The van der Waals surface area contributed by atoms with Gasteiger partial charge in [0.25, 0.3) is 5.91 Å². The Morgan fingerprint density at radius 3 is 2.94 bits per heavy atom. The maximum atomic E-state index is 11.7. The van der Waals surface area contributed by atoms with E-state index >= 15 is 0 Å². The molecule has 1 rings (SSSR count). The van der Waals surface area contributed by atoms with Crippen LogP contribution < -0.4 is 5.48 Å². The molecular weight excluding hydrogens is 226 g/mol. The van der Waals surface area contributed by atoms with E-state index in [1.807, 2.05) is 20.8 Å². The van der Waals surface area contributed by atoms with Crippen LogP contribution in [0.4, 0.5) is 0 Å². The number of carbonyl (C=O) groups excluding carboxylic acids is 1. The van der Waals surface area contributed by atoms with Crippen LogP contribution in [0, 0.1) is 5.92 Å². The monoisotopic (exact) mass is 243 g/mol. The minimum Gasteiger partial charge on any atom is -0.273 e. The zero-order valence-electron chi connectivity index (χ0n) is 9.82. The van der Waals surface area contributed by atoms with Crippen molar-refractivity contribution in [2.24, 2.45) is 5.92 Å². The molecule has 0 bridgehead atoms. The summed E-state index contributed by atoms with van der Waals surface area (Å²) in [4.78, 5) is 17.3. The van der Waals surface area contributed by atoms with E-state index in [1.165, 1.54) is 0 Å². The average Bonchev–Trinajstić information content (AvgIpc) is 2.66. The highest BCUT2D eigenvalue weighted by Crippen LogP contribution is 2.12. The number of nitrogens with zero attached hydrogens (tertiary/aromatic N) is 2. The minimum absolute atomic E-state index is 0.251. The molecule has 0 aliphatic rings. The maximum Gasteiger partial charge on any atom is 0.288 e. The first-order valence-corrected chi connectivity index (χ1v) is 6.15. The van der Waals surface area contributed by atoms with Gasteiger partial charge in [-0.25, -0.2) is 5.48 Å². The molecule has 5 nitrogen and oxygen atoms in total. The number of nitrogens with one attached hydrogen (secondary N) is 1. The van der Waals surface area contributed by atoms with Gasteiger partial charge in [-0.05, 0) is 23.9 Å². The number of hydroxylamine groups is 1. The molecule has 0 fully saturated rings. The number of amides is 1. The lowest BCUT2D eigenvalue weighted by atomic mass is 10.2. The fourth-order valence-electron chi connectivity index (χ4n) is 1.10. The second-order valence-electron chi connectivity index (χ2n) is 3.93. The summed E-state index contributed by atoms with van der Waals surface area (Å²) in [6.07, 6.45) is 1.71. The Labute approximate surface area is 99.3 Å². The smallest absolute Gasteiger partial charge is 0.273 e. The first-order chi connectivity index (χ1) is 7.65. The quantitative estimate of drug-likeness (QED) is 0.774. The summed E-state index contributed by atoms with van der Waals surface area (Å²) in [5.41, 5.74) is 3.15. The highest BCUT2D eigenvalue weighted by molar-refractivity contribution is 7.07. The Morgan fingerprint density at radius 2 is 2.31 bits per heavy atom. The lowest BCUT2D eigenvalue weighted by Gasteiger charge is -2.06. The van der Waals surface area contributed by atoms with Crippen LogP contribution in [0.15, 0.2) is 0 Å². The van der Waals surface area contributed by atoms with Crippen molar-refractivity contribution in [1.82, 2.24) is 15.1 Å². The van der Waals surface area contributed by atoms with E-state index in [0.717, 1.165) is 30.1 Å². The normalized spacial score (nSPS) is 10.8. The fraction of sp³-hybridized carbons (Fsp3) is 0.700. The molecule has 0 aliphatic carbocycles. The lowest BCUT2D eigenvalue weighted by Crippen LogP contribution is -2.25. The average molecular weight is 243 g/mol. The van der Waals surface area contributed by atoms with Crippen molar-refractivity contribution >= 4 is 17.4 Å². The molecule has 0 aliphatic heterocycles. The zero-order valence-corrected chi connectivity index (χ0v) is 10.6. The SMILES string of the molecule is CCCc1nnsc1C(=O)NOCC(C)C. The largest absolute Gasteiger partial charge is 0.288 e. The summed E-state index contributed by atoms with van der Waals surface area (Å²) in [6.45, 7) is 6.57. The van der Waals surface area contributed by atoms with Crippen molar-refractivity contribution in [2.45, 2.75) is 33.6 Å². The van der Waals surface area contributed by atoms with Crippen molar-refractivity contribution in [3.05, 3.63) is 10.6 Å². The van der Waals surface area contributed by atoms with Gasteiger partial charge in [-0.2, -0.15) is 0 Å². The molecule has 1 amide bonds. The molecule has 1 aromatic heterocycles. The molecule has 16 heavy (non-hydrogen) atoms. The van der Waals surface area contributed by atoms with Crippen LogP contribution in [-0.4, -0.2) is 22.1 Å². The first kappa shape index (κ1) is 13.1. The van der Waals surface area contributed by atoms with E-state index in [1.54, 1.807) is 0 Å². The molecule has 0 spiro atoms. The van der Waals surface area contributed by atoms with Gasteiger partial charge in [-0.15, -0.1) is 5.10 Å². The van der Waals surface area contributed by atoms with Gasteiger partial charge in [0.05, 0.1) is 12.3 Å². The molecule has 0 atom stereocenters. The standard InChI is InChI=1S/C10H17N3O2S/c1-4-5-8-9(16-13-11-8)10(14)12-15-6-7(2)3/h7H,4-6H2,1-3H3,(H,12,14). The van der Waals surface area contributed by atoms with Gasteiger partial charge in [-0.3, -0.25) is 9.63 Å². The highest BCUT2D eigenvalue weighted by atomic mass is 32.1. The van der Waals surface area contributed by atoms with Crippen LogP contribution in [0.5, 0.6) is 0 Å². The number of aryl methyl sites for hydroxylation is 1. The first-order valence-electron chi connectivity index (χ1n) is 5.38. The van der Waals surface area contributed by atoms with E-state index in [9.17, 15) is 4.79 Å². The van der Waals surface area contributed by atoms with Crippen LogP contribution in [0.1, 0.15) is 42.6 Å². The molecule has 0 saturated heterocycles. The van der Waals surface area contributed by atoms with E-state index in [0.29, 0.717) is 17.4 Å². The second kappa shape index (κ2) is 6.55. The number of aromatic nitrogens is 2. The van der Waals surface area contributed by atoms with Gasteiger partial charge in [0.15, 0.2) is 0 Å². The van der Waals surface area contributed by atoms with Gasteiger partial charge in [0.2, 0.25) is 0 Å². The maximum absolute atomic E-state index is 11.7. The van der Waals surface area contributed by atoms with Crippen molar-refractivity contribution in [3.8, 4) is 0 Å². The molecule has 0 radical (unpaired) electrons. The molecule has 1 N–H and O–H groups in total. The van der Waals surface area contributed by atoms with Crippen molar-refractivity contribution in [3.63, 3.8) is 0 Å². The molecular formula is C10H17N3O2S. The van der Waals surface area contributed by atoms with Gasteiger partial charge >= 0.3 is 0 Å². The summed E-state index contributed by atoms with van der Waals surface area (Å²) in [5.74, 6) is 0.133. The topological polar surface area (TPSA) is 64.1 Å². The van der Waals surface area contributed by atoms with Gasteiger partial charge in [0.1, 0.15) is 4.88 Å². The summed E-state index contributed by atoms with van der Waals surface area (Å²) >= 11 is 1.10. The van der Waals surface area contributed by atoms with Gasteiger partial charge < -0.3 is 0 Å². The number of hydrogen-bond donors (Lipinski definition) is 1. The van der Waals surface area contributed by atoms with Crippen molar-refractivity contribution in [1.29, 1.82) is 0 Å². The lowest BCUT2D eigenvalue weighted by molar-refractivity contribution is 0.0211. The third-order valence-electron chi connectivity index (χ3n) is 1.83. The third-order valence-corrected chi connectivity index (χ3v) is 2.60. The summed E-state index contributed by atoms with van der Waals surface area (Å²) in [5, 5.41) is 3.92. The van der Waals surface area contributed by atoms with Crippen LogP contribution in [0.2, 0.25) is 0 Å². The van der Waals surface area contributed by atoms with Gasteiger partial charge in [-0.1, -0.05) is 31.7 Å². The summed E-state index contributed by atoms with van der Waals surface area (Å²) in [7, 11) is 0. The fourth-order valence-corrected chi connectivity index (χ4v) is 1.70. The summed E-state index contributed by atoms with van der Waals surface area (Å²) < 4.78 is 3.78. The molecule has 0 saturated carbocycles. The second-order valence-corrected chi connectivity index (χ2v) is 4.69. The number of rotatable bonds is 6. The molecule has 6 heteroatoms. The van der Waals surface area contributed by atoms with Crippen molar-refractivity contribution in [2.75, 3.05) is 6.61 Å². The van der Waals surface area contributed by atoms with Gasteiger partial charge in [0, 0.05) is 0 Å². The predicted octanol–water partition coefficient (Wildman–Crippen LogP) is 1.81. The highest BCUT2D eigenvalue weighted by Gasteiger charge is 2.15. The Morgan fingerprint density at radius 1 is 1.56 bits per heavy atom. The third kappa shape index (κ3) is 3.86. The number of carbonyl (C=O) groups is 1. The Kier molecular flexibility index (Phi) is 5.34. The van der Waals surface area contributed by atoms with E-state index < -0.39 is 0 Å². The van der Waals surface area contributed by atoms with Crippen molar-refractivity contribution < 1.29 is 9.63 Å². The molecule has 1 aromatic rings. The zero-order chi connectivity index (χ0) is 12.0. The minimum atomic E-state index is -0.251. The Hall–Kier alpha value is -1.01. The molecule has 0 unspecified atom stereocenters. The van der Waals surface area contributed by atoms with Crippen LogP contribution in [0.25, 0.3) is 0 Å². The molecule has 0 aromatic carbocycles. The Bertz CT molecular complexity index is 339. The van der Waals surface area contributed by atoms with Crippen LogP contribution >= 0.6 is 11.5 Å². The predicted molar refractivity (Wildman–Crippen MR) is 62.2 cm³/mol. The van der Waals surface area contributed by atoms with E-state index in [-0.39, 0.29) is 5.91 Å². The number of hydrogen-bond acceptors (Lipinski definition) is 5. The molecule has 90 valence electrons. The van der Waals surface area contributed by atoms with E-state index in [2.05, 4.69) is 15.1 Å². The molecule has 1 heterocycles. The van der Waals surface area contributed by atoms with Crippen LogP contribution in [0.3, 0.4) is 0 Å². The van der Waals surface area contributed by atoms with E-state index in [4.69, 9.17) is 4.84 Å².